The monoisotopic (exact) mass is 380 g/mol. The number of pyridine rings is 1. The molecule has 0 saturated carbocycles. The van der Waals surface area contributed by atoms with Crippen molar-refractivity contribution in [1.29, 1.82) is 0 Å². The van der Waals surface area contributed by atoms with Crippen LogP contribution in [-0.4, -0.2) is 42.3 Å². The molecular formula is C22H25FN4O. The average Bonchev–Trinajstić information content (AvgIpc) is 3.10. The van der Waals surface area contributed by atoms with Crippen molar-refractivity contribution in [2.24, 2.45) is 0 Å². The van der Waals surface area contributed by atoms with Crippen LogP contribution in [0.25, 0.3) is 10.9 Å². The summed E-state index contributed by atoms with van der Waals surface area (Å²) >= 11 is 0. The highest BCUT2D eigenvalue weighted by Gasteiger charge is 2.24. The van der Waals surface area contributed by atoms with E-state index in [4.69, 9.17) is 9.72 Å². The van der Waals surface area contributed by atoms with Crippen LogP contribution in [0, 0.1) is 5.82 Å². The van der Waals surface area contributed by atoms with Gasteiger partial charge in [-0.25, -0.2) is 9.37 Å². The zero-order valence-electron chi connectivity index (χ0n) is 16.1. The van der Waals surface area contributed by atoms with Crippen LogP contribution in [-0.2, 0) is 17.7 Å². The van der Waals surface area contributed by atoms with Gasteiger partial charge >= 0.3 is 0 Å². The highest BCUT2D eigenvalue weighted by atomic mass is 19.1. The van der Waals surface area contributed by atoms with Gasteiger partial charge in [0.15, 0.2) is 0 Å². The Kier molecular flexibility index (Phi) is 4.43. The molecule has 1 N–H and O–H groups in total. The standard InChI is InChI=1S/C22H25FN4O/c1-2-16-14-28-10-9-27(16)22-6-4-17(12-24-22)26-8-7-20-19(13-26)18-5-3-15(23)11-21(18)25-20/h3-6,11-12,16,25H,2,7-10,13-14H2,1H3/t16-/m0/s1. The molecule has 2 aromatic heterocycles. The number of aromatic amines is 1. The van der Waals surface area contributed by atoms with E-state index in [9.17, 15) is 4.39 Å². The highest BCUT2D eigenvalue weighted by molar-refractivity contribution is 5.85. The molecule has 1 atom stereocenters. The predicted octanol–water partition coefficient (Wildman–Crippen LogP) is 3.88. The van der Waals surface area contributed by atoms with E-state index in [2.05, 4.69) is 33.8 Å². The third-order valence-corrected chi connectivity index (χ3v) is 6.03. The van der Waals surface area contributed by atoms with E-state index in [-0.39, 0.29) is 5.82 Å². The fraction of sp³-hybridized carbons (Fsp3) is 0.409. The number of nitrogens with one attached hydrogen (secondary N) is 1. The molecular weight excluding hydrogens is 355 g/mol. The second-order valence-corrected chi connectivity index (χ2v) is 7.65. The van der Waals surface area contributed by atoms with Crippen LogP contribution in [0.5, 0.6) is 0 Å². The van der Waals surface area contributed by atoms with Gasteiger partial charge in [-0.2, -0.15) is 0 Å². The number of nitrogens with zero attached hydrogens (tertiary/aromatic N) is 3. The van der Waals surface area contributed by atoms with Gasteiger partial charge in [-0.15, -0.1) is 0 Å². The lowest BCUT2D eigenvalue weighted by atomic mass is 10.0. The molecule has 1 fully saturated rings. The number of ether oxygens (including phenoxy) is 1. The molecule has 0 unspecified atom stereocenters. The van der Waals surface area contributed by atoms with Crippen molar-refractivity contribution in [2.75, 3.05) is 36.1 Å². The van der Waals surface area contributed by atoms with Gasteiger partial charge < -0.3 is 19.5 Å². The minimum Gasteiger partial charge on any atom is -0.377 e. The molecule has 4 heterocycles. The summed E-state index contributed by atoms with van der Waals surface area (Å²) in [6.07, 6.45) is 3.96. The summed E-state index contributed by atoms with van der Waals surface area (Å²) in [6.45, 7) is 6.37. The largest absolute Gasteiger partial charge is 0.377 e. The van der Waals surface area contributed by atoms with Gasteiger partial charge in [-0.05, 0) is 36.8 Å². The first kappa shape index (κ1) is 17.5. The third-order valence-electron chi connectivity index (χ3n) is 6.03. The molecule has 28 heavy (non-hydrogen) atoms. The van der Waals surface area contributed by atoms with Crippen molar-refractivity contribution < 1.29 is 9.13 Å². The van der Waals surface area contributed by atoms with Crippen LogP contribution < -0.4 is 9.80 Å². The molecule has 0 amide bonds. The molecule has 146 valence electrons. The number of H-pyrrole nitrogens is 1. The van der Waals surface area contributed by atoms with E-state index in [0.29, 0.717) is 6.04 Å². The Morgan fingerprint density at radius 3 is 3.00 bits per heavy atom. The van der Waals surface area contributed by atoms with E-state index >= 15 is 0 Å². The van der Waals surface area contributed by atoms with Crippen LogP contribution in [0.15, 0.2) is 36.5 Å². The summed E-state index contributed by atoms with van der Waals surface area (Å²) in [5.74, 6) is 0.829. The van der Waals surface area contributed by atoms with Gasteiger partial charge in [0.1, 0.15) is 11.6 Å². The first-order chi connectivity index (χ1) is 13.7. The number of aromatic nitrogens is 2. The molecule has 0 bridgehead atoms. The Hall–Kier alpha value is -2.60. The molecule has 1 saturated heterocycles. The van der Waals surface area contributed by atoms with Gasteiger partial charge in [0.25, 0.3) is 0 Å². The molecule has 0 aliphatic carbocycles. The van der Waals surface area contributed by atoms with E-state index in [1.165, 1.54) is 17.3 Å². The summed E-state index contributed by atoms with van der Waals surface area (Å²) in [7, 11) is 0. The topological polar surface area (TPSA) is 44.4 Å². The number of benzene rings is 1. The van der Waals surface area contributed by atoms with E-state index in [1.54, 1.807) is 6.07 Å². The average molecular weight is 380 g/mol. The second kappa shape index (κ2) is 7.09. The lowest BCUT2D eigenvalue weighted by Crippen LogP contribution is -2.45. The molecule has 2 aliphatic heterocycles. The first-order valence-corrected chi connectivity index (χ1v) is 10.1. The maximum Gasteiger partial charge on any atom is 0.129 e. The van der Waals surface area contributed by atoms with E-state index in [1.807, 2.05) is 12.3 Å². The molecule has 5 rings (SSSR count). The summed E-state index contributed by atoms with van der Waals surface area (Å²) in [5, 5.41) is 1.12. The van der Waals surface area contributed by atoms with Gasteiger partial charge in [0, 0.05) is 48.2 Å². The highest BCUT2D eigenvalue weighted by Crippen LogP contribution is 2.31. The van der Waals surface area contributed by atoms with Crippen molar-refractivity contribution >= 4 is 22.4 Å². The number of halogens is 1. The minimum absolute atomic E-state index is 0.198. The van der Waals surface area contributed by atoms with Gasteiger partial charge in [0.05, 0.1) is 31.1 Å². The minimum atomic E-state index is -0.198. The SMILES string of the molecule is CC[C@H]1COCCN1c1ccc(N2CCc3[nH]c4cc(F)ccc4c3C2)cn1. The fourth-order valence-corrected chi connectivity index (χ4v) is 4.44. The number of hydrogen-bond acceptors (Lipinski definition) is 4. The lowest BCUT2D eigenvalue weighted by Gasteiger charge is -2.36. The van der Waals surface area contributed by atoms with Gasteiger partial charge in [-0.1, -0.05) is 6.92 Å². The molecule has 1 aromatic carbocycles. The first-order valence-electron chi connectivity index (χ1n) is 10.1. The zero-order chi connectivity index (χ0) is 19.1. The summed E-state index contributed by atoms with van der Waals surface area (Å²) in [4.78, 5) is 12.9. The van der Waals surface area contributed by atoms with Crippen molar-refractivity contribution in [3.63, 3.8) is 0 Å². The number of anilines is 2. The fourth-order valence-electron chi connectivity index (χ4n) is 4.44. The quantitative estimate of drug-likeness (QED) is 0.749. The van der Waals surface area contributed by atoms with Crippen molar-refractivity contribution in [3.05, 3.63) is 53.6 Å². The van der Waals surface area contributed by atoms with Crippen LogP contribution in [0.2, 0.25) is 0 Å². The summed E-state index contributed by atoms with van der Waals surface area (Å²) in [5.41, 5.74) is 4.51. The Morgan fingerprint density at radius 2 is 2.18 bits per heavy atom. The van der Waals surface area contributed by atoms with Gasteiger partial charge in [0.2, 0.25) is 0 Å². The van der Waals surface area contributed by atoms with Crippen LogP contribution in [0.1, 0.15) is 24.6 Å². The van der Waals surface area contributed by atoms with Crippen molar-refractivity contribution in [2.45, 2.75) is 32.4 Å². The molecule has 0 spiro atoms. The summed E-state index contributed by atoms with van der Waals surface area (Å²) < 4.78 is 19.1. The number of fused-ring (bicyclic) bond motifs is 3. The summed E-state index contributed by atoms with van der Waals surface area (Å²) in [6, 6.07) is 9.71. The van der Waals surface area contributed by atoms with E-state index < -0.39 is 0 Å². The molecule has 3 aromatic rings. The van der Waals surface area contributed by atoms with Crippen LogP contribution in [0.3, 0.4) is 0 Å². The lowest BCUT2D eigenvalue weighted by molar-refractivity contribution is 0.0926. The Labute approximate surface area is 164 Å². The Morgan fingerprint density at radius 1 is 1.25 bits per heavy atom. The Balaban J connectivity index is 1.38. The zero-order valence-corrected chi connectivity index (χ0v) is 16.1. The van der Waals surface area contributed by atoms with Crippen molar-refractivity contribution in [3.8, 4) is 0 Å². The van der Waals surface area contributed by atoms with E-state index in [0.717, 1.165) is 68.1 Å². The maximum absolute atomic E-state index is 13.5. The number of rotatable bonds is 3. The maximum atomic E-state index is 13.5. The predicted molar refractivity (Wildman–Crippen MR) is 109 cm³/mol. The van der Waals surface area contributed by atoms with Gasteiger partial charge in [-0.3, -0.25) is 0 Å². The second-order valence-electron chi connectivity index (χ2n) is 7.65. The number of morpholine rings is 1. The number of hydrogen-bond donors (Lipinski definition) is 1. The third kappa shape index (κ3) is 3.02. The Bertz CT molecular complexity index is 984. The molecule has 5 nitrogen and oxygen atoms in total. The van der Waals surface area contributed by atoms with Crippen LogP contribution in [0.4, 0.5) is 15.9 Å². The molecule has 6 heteroatoms. The molecule has 0 radical (unpaired) electrons. The van der Waals surface area contributed by atoms with Crippen LogP contribution >= 0.6 is 0 Å². The smallest absolute Gasteiger partial charge is 0.129 e. The molecule has 2 aliphatic rings. The normalized spacial score (nSPS) is 19.9. The van der Waals surface area contributed by atoms with Crippen molar-refractivity contribution in [1.82, 2.24) is 9.97 Å².